The van der Waals surface area contributed by atoms with E-state index < -0.39 is 21.7 Å². The lowest BCUT2D eigenvalue weighted by molar-refractivity contribution is -0.0584. The number of hydrogen-bond donors (Lipinski definition) is 2. The Hall–Kier alpha value is -2.92. The minimum atomic E-state index is -4.79. The van der Waals surface area contributed by atoms with Crippen LogP contribution in [-0.4, -0.2) is 31.7 Å². The molecule has 0 aliphatic carbocycles. The fraction of sp³-hybridized carbons (Fsp3) is 0.200. The lowest BCUT2D eigenvalue weighted by atomic mass is 10.2. The second kappa shape index (κ2) is 8.67. The van der Waals surface area contributed by atoms with E-state index in [1.54, 1.807) is 37.3 Å². The molecule has 0 spiro atoms. The molecule has 0 saturated carbocycles. The first-order valence-corrected chi connectivity index (χ1v) is 11.6. The van der Waals surface area contributed by atoms with Crippen molar-refractivity contribution in [3.63, 3.8) is 0 Å². The number of rotatable bonds is 7. The van der Waals surface area contributed by atoms with Crippen molar-refractivity contribution in [3.8, 4) is 10.4 Å². The van der Waals surface area contributed by atoms with Crippen LogP contribution < -0.4 is 5.32 Å². The minimum Gasteiger partial charge on any atom is -0.378 e. The van der Waals surface area contributed by atoms with Gasteiger partial charge in [-0.3, -0.25) is 5.41 Å². The number of thiophene rings is 1. The van der Waals surface area contributed by atoms with Gasteiger partial charge in [-0.15, -0.1) is 11.3 Å². The molecule has 0 radical (unpaired) electrons. The van der Waals surface area contributed by atoms with Crippen LogP contribution in [0.5, 0.6) is 0 Å². The highest BCUT2D eigenvalue weighted by Crippen LogP contribution is 2.33. The van der Waals surface area contributed by atoms with Gasteiger partial charge in [-0.05, 0) is 42.8 Å². The molecule has 6 nitrogen and oxygen atoms in total. The molecule has 11 heteroatoms. The fourth-order valence-corrected chi connectivity index (χ4v) is 4.30. The van der Waals surface area contributed by atoms with Crippen LogP contribution in [-0.2, 0) is 16.4 Å². The van der Waals surface area contributed by atoms with Crippen molar-refractivity contribution in [1.82, 2.24) is 10.5 Å². The maximum atomic E-state index is 12.9. The van der Waals surface area contributed by atoms with E-state index in [0.29, 0.717) is 26.8 Å². The zero-order valence-electron chi connectivity index (χ0n) is 16.4. The predicted molar refractivity (Wildman–Crippen MR) is 113 cm³/mol. The topological polar surface area (TPSA) is 96.1 Å². The van der Waals surface area contributed by atoms with Gasteiger partial charge in [0.15, 0.2) is 9.84 Å². The van der Waals surface area contributed by atoms with Gasteiger partial charge in [0.2, 0.25) is 0 Å². The summed E-state index contributed by atoms with van der Waals surface area (Å²) in [6.45, 7) is 1.80. The number of halogens is 3. The molecule has 0 aliphatic rings. The SMILES string of the molecule is Cc1cc(CN/C(=C\C(=N)C(F)(F)F)c2ccc(-c3cccc(S(C)(=O)=O)c3)s2)no1. The Morgan fingerprint density at radius 1 is 1.26 bits per heavy atom. The number of nitrogens with one attached hydrogen (secondary N) is 2. The molecule has 2 aromatic heterocycles. The van der Waals surface area contributed by atoms with Crippen LogP contribution in [0.15, 0.2) is 58.0 Å². The number of allylic oxidation sites excluding steroid dienone is 1. The molecule has 31 heavy (non-hydrogen) atoms. The molecule has 0 unspecified atom stereocenters. The van der Waals surface area contributed by atoms with Crippen LogP contribution in [0.4, 0.5) is 13.2 Å². The Balaban J connectivity index is 1.94. The van der Waals surface area contributed by atoms with Crippen molar-refractivity contribution in [2.75, 3.05) is 6.26 Å². The highest BCUT2D eigenvalue weighted by molar-refractivity contribution is 7.90. The zero-order valence-corrected chi connectivity index (χ0v) is 18.1. The number of hydrogen-bond acceptors (Lipinski definition) is 7. The van der Waals surface area contributed by atoms with E-state index in [1.165, 1.54) is 23.5 Å². The molecule has 1 aromatic carbocycles. The summed E-state index contributed by atoms with van der Waals surface area (Å²) < 4.78 is 67.4. The Bertz CT molecular complexity index is 1240. The highest BCUT2D eigenvalue weighted by atomic mass is 32.2. The van der Waals surface area contributed by atoms with E-state index in [1.807, 2.05) is 0 Å². The summed E-state index contributed by atoms with van der Waals surface area (Å²) in [4.78, 5) is 1.27. The summed E-state index contributed by atoms with van der Waals surface area (Å²) in [5.74, 6) is 0.564. The van der Waals surface area contributed by atoms with Gasteiger partial charge in [-0.2, -0.15) is 13.2 Å². The monoisotopic (exact) mass is 469 g/mol. The summed E-state index contributed by atoms with van der Waals surface area (Å²) >= 11 is 1.17. The van der Waals surface area contributed by atoms with Gasteiger partial charge >= 0.3 is 6.18 Å². The second-order valence-corrected chi connectivity index (χ2v) is 9.82. The molecule has 0 fully saturated rings. The Morgan fingerprint density at radius 2 is 2.00 bits per heavy atom. The van der Waals surface area contributed by atoms with E-state index in [4.69, 9.17) is 9.93 Å². The normalized spacial score (nSPS) is 12.7. The van der Waals surface area contributed by atoms with Gasteiger partial charge in [0.25, 0.3) is 0 Å². The predicted octanol–water partition coefficient (Wildman–Crippen LogP) is 4.83. The van der Waals surface area contributed by atoms with E-state index in [9.17, 15) is 21.6 Å². The standard InChI is InChI=1S/C20H18F3N3O3S2/c1-12-8-14(26-29-12)11-25-16(10-19(24)20(21,22)23)18-7-6-17(30-18)13-4-3-5-15(9-13)31(2,27)28/h3-10,24-25H,11H2,1-2H3/b16-10-,24-19?. The third kappa shape index (κ3) is 5.82. The summed E-state index contributed by atoms with van der Waals surface area (Å²) in [6, 6.07) is 11.3. The van der Waals surface area contributed by atoms with Gasteiger partial charge in [0, 0.05) is 17.2 Å². The molecule has 0 atom stereocenters. The molecule has 0 saturated heterocycles. The summed E-state index contributed by atoms with van der Waals surface area (Å²) in [7, 11) is -3.40. The highest BCUT2D eigenvalue weighted by Gasteiger charge is 2.33. The number of aromatic nitrogens is 1. The number of alkyl halides is 3. The van der Waals surface area contributed by atoms with E-state index in [0.717, 1.165) is 12.3 Å². The lowest BCUT2D eigenvalue weighted by Gasteiger charge is -2.10. The summed E-state index contributed by atoms with van der Waals surface area (Å²) in [5.41, 5.74) is -0.282. The molecule has 0 bridgehead atoms. The summed E-state index contributed by atoms with van der Waals surface area (Å²) in [5, 5.41) is 14.0. The average molecular weight is 470 g/mol. The molecule has 2 heterocycles. The average Bonchev–Trinajstić information content (AvgIpc) is 3.33. The number of sulfone groups is 1. The van der Waals surface area contributed by atoms with Crippen LogP contribution in [0, 0.1) is 12.3 Å². The Labute approximate surface area is 180 Å². The zero-order chi connectivity index (χ0) is 22.8. The van der Waals surface area contributed by atoms with E-state index >= 15 is 0 Å². The van der Waals surface area contributed by atoms with Gasteiger partial charge in [-0.1, -0.05) is 17.3 Å². The molecule has 0 amide bonds. The first-order chi connectivity index (χ1) is 14.4. The van der Waals surface area contributed by atoms with Crippen LogP contribution in [0.1, 0.15) is 16.3 Å². The van der Waals surface area contributed by atoms with Gasteiger partial charge in [-0.25, -0.2) is 8.42 Å². The maximum absolute atomic E-state index is 12.9. The van der Waals surface area contributed by atoms with Gasteiger partial charge in [0.1, 0.15) is 17.2 Å². The first kappa shape index (κ1) is 22.8. The van der Waals surface area contributed by atoms with Crippen molar-refractivity contribution in [2.24, 2.45) is 0 Å². The molecule has 2 N–H and O–H groups in total. The van der Waals surface area contributed by atoms with Crippen molar-refractivity contribution < 1.29 is 26.1 Å². The number of benzene rings is 1. The van der Waals surface area contributed by atoms with Crippen molar-refractivity contribution in [1.29, 1.82) is 5.41 Å². The van der Waals surface area contributed by atoms with Gasteiger partial charge < -0.3 is 9.84 Å². The molecule has 164 valence electrons. The van der Waals surface area contributed by atoms with E-state index in [2.05, 4.69) is 10.5 Å². The minimum absolute atomic E-state index is 0.0958. The molecule has 0 aliphatic heterocycles. The van der Waals surface area contributed by atoms with Crippen LogP contribution in [0.3, 0.4) is 0 Å². The van der Waals surface area contributed by atoms with Gasteiger partial charge in [0.05, 0.1) is 22.0 Å². The number of nitrogens with zero attached hydrogens (tertiary/aromatic N) is 1. The first-order valence-electron chi connectivity index (χ1n) is 8.88. The van der Waals surface area contributed by atoms with Crippen LogP contribution in [0.25, 0.3) is 16.1 Å². The third-order valence-electron chi connectivity index (χ3n) is 4.15. The van der Waals surface area contributed by atoms with Crippen molar-refractivity contribution >= 4 is 32.6 Å². The molecular weight excluding hydrogens is 451 g/mol. The maximum Gasteiger partial charge on any atom is 0.432 e. The molecule has 3 aromatic rings. The fourth-order valence-electron chi connectivity index (χ4n) is 2.64. The number of aryl methyl sites for hydroxylation is 1. The quantitative estimate of drug-likeness (QED) is 0.484. The van der Waals surface area contributed by atoms with E-state index in [-0.39, 0.29) is 17.1 Å². The van der Waals surface area contributed by atoms with Crippen molar-refractivity contribution in [3.05, 3.63) is 64.9 Å². The Morgan fingerprint density at radius 3 is 2.61 bits per heavy atom. The smallest absolute Gasteiger partial charge is 0.378 e. The second-order valence-electron chi connectivity index (χ2n) is 6.72. The Kier molecular flexibility index (Phi) is 6.37. The van der Waals surface area contributed by atoms with Crippen molar-refractivity contribution in [2.45, 2.75) is 24.5 Å². The molecular formula is C20H18F3N3O3S2. The molecule has 3 rings (SSSR count). The summed E-state index contributed by atoms with van der Waals surface area (Å²) in [6.07, 6.45) is -2.97. The largest absolute Gasteiger partial charge is 0.432 e. The lowest BCUT2D eigenvalue weighted by Crippen LogP contribution is -2.22. The van der Waals surface area contributed by atoms with Crippen LogP contribution in [0.2, 0.25) is 0 Å². The van der Waals surface area contributed by atoms with Crippen LogP contribution >= 0.6 is 11.3 Å². The third-order valence-corrected chi connectivity index (χ3v) is 6.43.